The summed E-state index contributed by atoms with van der Waals surface area (Å²) >= 11 is 5.83. The van der Waals surface area contributed by atoms with Crippen LogP contribution >= 0.6 is 11.6 Å². The van der Waals surface area contributed by atoms with Gasteiger partial charge < -0.3 is 14.8 Å². The Bertz CT molecular complexity index is 882. The number of ether oxygens (including phenoxy) is 2. The van der Waals surface area contributed by atoms with Gasteiger partial charge in [-0.1, -0.05) is 29.8 Å². The van der Waals surface area contributed by atoms with Crippen molar-refractivity contribution in [2.75, 3.05) is 14.2 Å². The molecule has 0 aliphatic rings. The number of nitrogens with one attached hydrogen (secondary N) is 2. The highest BCUT2D eigenvalue weighted by molar-refractivity contribution is 6.30. The third-order valence-electron chi connectivity index (χ3n) is 4.00. The van der Waals surface area contributed by atoms with E-state index in [-0.39, 0.29) is 24.7 Å². The maximum atomic E-state index is 12.1. The Morgan fingerprint density at radius 1 is 0.966 bits per heavy atom. The molecule has 0 aliphatic heterocycles. The van der Waals surface area contributed by atoms with Gasteiger partial charge in [-0.15, -0.1) is 0 Å². The molecule has 2 aromatic carbocycles. The number of hydrogen-bond acceptors (Lipinski definition) is 5. The van der Waals surface area contributed by atoms with E-state index in [1.54, 1.807) is 44.4 Å². The van der Waals surface area contributed by atoms with Gasteiger partial charge in [-0.2, -0.15) is 5.10 Å². The lowest BCUT2D eigenvalue weighted by molar-refractivity contribution is -0.121. The fourth-order valence-corrected chi connectivity index (χ4v) is 2.64. The van der Waals surface area contributed by atoms with Gasteiger partial charge in [0.15, 0.2) is 11.5 Å². The molecule has 8 heteroatoms. The number of nitrogens with zero attached hydrogens (tertiary/aromatic N) is 1. The van der Waals surface area contributed by atoms with Crippen molar-refractivity contribution >= 4 is 29.1 Å². The normalized spacial score (nSPS) is 11.0. The third kappa shape index (κ3) is 7.46. The molecule has 0 aliphatic carbocycles. The minimum Gasteiger partial charge on any atom is -0.493 e. The van der Waals surface area contributed by atoms with Gasteiger partial charge >= 0.3 is 0 Å². The Hall–Kier alpha value is -3.06. The van der Waals surface area contributed by atoms with E-state index in [1.165, 1.54) is 7.11 Å². The van der Waals surface area contributed by atoms with E-state index in [2.05, 4.69) is 15.8 Å². The van der Waals surface area contributed by atoms with Crippen LogP contribution in [0.2, 0.25) is 5.02 Å². The van der Waals surface area contributed by atoms with Crippen LogP contribution in [0.5, 0.6) is 11.5 Å². The van der Waals surface area contributed by atoms with E-state index in [4.69, 9.17) is 21.1 Å². The van der Waals surface area contributed by atoms with Gasteiger partial charge in [0.2, 0.25) is 11.8 Å². The van der Waals surface area contributed by atoms with Crippen LogP contribution in [0, 0.1) is 0 Å². The first-order valence-electron chi connectivity index (χ1n) is 8.95. The Balaban J connectivity index is 1.80. The van der Waals surface area contributed by atoms with Gasteiger partial charge in [-0.3, -0.25) is 9.59 Å². The first-order valence-corrected chi connectivity index (χ1v) is 9.33. The second-order valence-electron chi connectivity index (χ2n) is 6.33. The quantitative estimate of drug-likeness (QED) is 0.484. The molecular formula is C21H24ClN3O4. The van der Waals surface area contributed by atoms with Crippen LogP contribution in [0.3, 0.4) is 0 Å². The van der Waals surface area contributed by atoms with Crippen LogP contribution in [-0.4, -0.2) is 31.7 Å². The molecule has 2 rings (SSSR count). The largest absolute Gasteiger partial charge is 0.493 e. The zero-order valence-electron chi connectivity index (χ0n) is 16.6. The number of hydrogen-bond donors (Lipinski definition) is 2. The Morgan fingerprint density at radius 2 is 1.62 bits per heavy atom. The molecule has 2 aromatic rings. The molecule has 0 radical (unpaired) electrons. The molecule has 0 heterocycles. The third-order valence-corrected chi connectivity index (χ3v) is 4.26. The molecule has 2 amide bonds. The Labute approximate surface area is 175 Å². The number of hydrazone groups is 1. The zero-order chi connectivity index (χ0) is 21.2. The van der Waals surface area contributed by atoms with E-state index in [1.807, 2.05) is 12.1 Å². The zero-order valence-corrected chi connectivity index (χ0v) is 17.4. The average Bonchev–Trinajstić information content (AvgIpc) is 2.71. The molecular weight excluding hydrogens is 394 g/mol. The van der Waals surface area contributed by atoms with Crippen LogP contribution in [0.1, 0.15) is 24.5 Å². The fourth-order valence-electron chi connectivity index (χ4n) is 2.51. The van der Waals surface area contributed by atoms with Crippen molar-refractivity contribution < 1.29 is 19.1 Å². The van der Waals surface area contributed by atoms with Crippen LogP contribution in [-0.2, 0) is 22.6 Å². The van der Waals surface area contributed by atoms with E-state index >= 15 is 0 Å². The topological polar surface area (TPSA) is 89.0 Å². The van der Waals surface area contributed by atoms with Crippen LogP contribution in [0.25, 0.3) is 0 Å². The van der Waals surface area contributed by atoms with Gasteiger partial charge in [0, 0.05) is 17.3 Å². The maximum Gasteiger partial charge on any atom is 0.244 e. The summed E-state index contributed by atoms with van der Waals surface area (Å²) in [6, 6.07) is 12.5. The van der Waals surface area contributed by atoms with Gasteiger partial charge in [0.1, 0.15) is 0 Å². The number of carbonyl (C=O) groups excluding carboxylic acids is 2. The maximum absolute atomic E-state index is 12.1. The lowest BCUT2D eigenvalue weighted by Gasteiger charge is -2.09. The molecule has 2 N–H and O–H groups in total. The monoisotopic (exact) mass is 417 g/mol. The summed E-state index contributed by atoms with van der Waals surface area (Å²) in [5, 5.41) is 7.43. The second-order valence-corrected chi connectivity index (χ2v) is 6.76. The SMILES string of the molecule is COc1ccc(CC(=O)N/N=C(\C)CC(=O)NCc2ccc(Cl)cc2)cc1OC. The van der Waals surface area contributed by atoms with Gasteiger partial charge in [-0.05, 0) is 42.3 Å². The Kier molecular flexibility index (Phi) is 8.48. The molecule has 0 spiro atoms. The van der Waals surface area contributed by atoms with Crippen LogP contribution in [0.4, 0.5) is 0 Å². The molecule has 0 bridgehead atoms. The lowest BCUT2D eigenvalue weighted by atomic mass is 10.1. The summed E-state index contributed by atoms with van der Waals surface area (Å²) in [5.41, 5.74) is 4.67. The minimum absolute atomic E-state index is 0.0875. The smallest absolute Gasteiger partial charge is 0.244 e. The number of halogens is 1. The van der Waals surface area contributed by atoms with Crippen molar-refractivity contribution in [3.63, 3.8) is 0 Å². The highest BCUT2D eigenvalue weighted by Crippen LogP contribution is 2.27. The first kappa shape index (κ1) is 22.2. The summed E-state index contributed by atoms with van der Waals surface area (Å²) in [6.07, 6.45) is 0.212. The van der Waals surface area contributed by atoms with Crippen molar-refractivity contribution in [2.24, 2.45) is 5.10 Å². The van der Waals surface area contributed by atoms with Crippen molar-refractivity contribution in [3.05, 3.63) is 58.6 Å². The molecule has 154 valence electrons. The van der Waals surface area contributed by atoms with Gasteiger partial charge in [0.25, 0.3) is 0 Å². The lowest BCUT2D eigenvalue weighted by Crippen LogP contribution is -2.26. The van der Waals surface area contributed by atoms with Gasteiger partial charge in [0.05, 0.1) is 27.1 Å². The summed E-state index contributed by atoms with van der Waals surface area (Å²) < 4.78 is 10.4. The molecule has 0 saturated heterocycles. The van der Waals surface area contributed by atoms with Crippen molar-refractivity contribution in [1.82, 2.24) is 10.7 Å². The molecule has 7 nitrogen and oxygen atoms in total. The van der Waals surface area contributed by atoms with Crippen LogP contribution < -0.4 is 20.2 Å². The van der Waals surface area contributed by atoms with Crippen molar-refractivity contribution in [3.8, 4) is 11.5 Å². The number of rotatable bonds is 9. The Morgan fingerprint density at radius 3 is 2.28 bits per heavy atom. The standard InChI is InChI=1S/C21H24ClN3O4/c1-14(10-20(26)23-13-15-4-7-17(22)8-5-15)24-25-21(27)12-16-6-9-18(28-2)19(11-16)29-3/h4-9,11H,10,12-13H2,1-3H3,(H,23,26)(H,25,27)/b24-14+. The van der Waals surface area contributed by atoms with Crippen LogP contribution in [0.15, 0.2) is 47.6 Å². The van der Waals surface area contributed by atoms with E-state index in [0.29, 0.717) is 28.8 Å². The molecule has 0 aromatic heterocycles. The highest BCUT2D eigenvalue weighted by Gasteiger charge is 2.09. The van der Waals surface area contributed by atoms with E-state index < -0.39 is 0 Å². The van der Waals surface area contributed by atoms with Crippen molar-refractivity contribution in [2.45, 2.75) is 26.3 Å². The van der Waals surface area contributed by atoms with E-state index in [9.17, 15) is 9.59 Å². The number of carbonyl (C=O) groups is 2. The number of methoxy groups -OCH3 is 2. The molecule has 0 fully saturated rings. The summed E-state index contributed by atoms with van der Waals surface area (Å²) in [4.78, 5) is 24.1. The molecule has 0 atom stereocenters. The average molecular weight is 418 g/mol. The first-order chi connectivity index (χ1) is 13.9. The molecule has 0 unspecified atom stereocenters. The summed E-state index contributed by atoms with van der Waals surface area (Å²) in [6.45, 7) is 2.08. The molecule has 29 heavy (non-hydrogen) atoms. The summed E-state index contributed by atoms with van der Waals surface area (Å²) in [7, 11) is 3.08. The van der Waals surface area contributed by atoms with E-state index in [0.717, 1.165) is 11.1 Å². The number of amides is 2. The highest BCUT2D eigenvalue weighted by atomic mass is 35.5. The fraction of sp³-hybridized carbons (Fsp3) is 0.286. The van der Waals surface area contributed by atoms with Gasteiger partial charge in [-0.25, -0.2) is 5.43 Å². The predicted octanol–water partition coefficient (Wildman–Crippen LogP) is 3.10. The number of benzene rings is 2. The molecule has 0 saturated carbocycles. The second kappa shape index (κ2) is 11.1. The predicted molar refractivity (Wildman–Crippen MR) is 112 cm³/mol. The minimum atomic E-state index is -0.293. The summed E-state index contributed by atoms with van der Waals surface area (Å²) in [5.74, 6) is 0.665. The van der Waals surface area contributed by atoms with Crippen molar-refractivity contribution in [1.29, 1.82) is 0 Å².